The molecule has 7 heteroatoms. The van der Waals surface area contributed by atoms with Crippen LogP contribution < -0.4 is 10.0 Å². The number of sulfonamides is 1. The average molecular weight is 388 g/mol. The lowest BCUT2D eigenvalue weighted by molar-refractivity contribution is 0.0742. The van der Waals surface area contributed by atoms with Gasteiger partial charge in [-0.15, -0.1) is 0 Å². The van der Waals surface area contributed by atoms with Gasteiger partial charge in [-0.05, 0) is 43.1 Å². The molecule has 1 aliphatic heterocycles. The molecule has 1 heterocycles. The van der Waals surface area contributed by atoms with Crippen LogP contribution in [0.2, 0.25) is 0 Å². The number of amides is 1. The zero-order chi connectivity index (χ0) is 19.3. The van der Waals surface area contributed by atoms with E-state index >= 15 is 0 Å². The van der Waals surface area contributed by atoms with E-state index in [1.807, 2.05) is 30.3 Å². The fraction of sp³-hybridized carbons (Fsp3) is 0.350. The average Bonchev–Trinajstić information content (AvgIpc) is 3.04. The van der Waals surface area contributed by atoms with Crippen molar-refractivity contribution >= 4 is 21.6 Å². The normalized spacial score (nSPS) is 15.7. The summed E-state index contributed by atoms with van der Waals surface area (Å²) in [5.41, 5.74) is 7.72. The van der Waals surface area contributed by atoms with Gasteiger partial charge < -0.3 is 10.6 Å². The second kappa shape index (κ2) is 8.54. The lowest BCUT2D eigenvalue weighted by Crippen LogP contribution is -2.33. The van der Waals surface area contributed by atoms with Crippen LogP contribution in [-0.4, -0.2) is 44.6 Å². The molecule has 144 valence electrons. The van der Waals surface area contributed by atoms with Crippen LogP contribution in [0.5, 0.6) is 0 Å². The molecular weight excluding hydrogens is 362 g/mol. The van der Waals surface area contributed by atoms with Gasteiger partial charge in [0.25, 0.3) is 5.91 Å². The lowest BCUT2D eigenvalue weighted by Gasteiger charge is -2.24. The monoisotopic (exact) mass is 387 g/mol. The van der Waals surface area contributed by atoms with Crippen LogP contribution in [-0.2, 0) is 16.6 Å². The number of nitrogens with zero attached hydrogens (tertiary/aromatic N) is 2. The van der Waals surface area contributed by atoms with Crippen molar-refractivity contribution in [3.63, 3.8) is 0 Å². The second-order valence-electron chi connectivity index (χ2n) is 6.65. The van der Waals surface area contributed by atoms with E-state index in [2.05, 4.69) is 0 Å². The number of hydrogen-bond acceptors (Lipinski definition) is 4. The summed E-state index contributed by atoms with van der Waals surface area (Å²) >= 11 is 0. The molecule has 2 N–H and O–H groups in total. The highest BCUT2D eigenvalue weighted by molar-refractivity contribution is 7.93. The number of benzene rings is 2. The summed E-state index contributed by atoms with van der Waals surface area (Å²) in [4.78, 5) is 14.9. The Morgan fingerprint density at radius 3 is 2.56 bits per heavy atom. The van der Waals surface area contributed by atoms with Gasteiger partial charge in [-0.3, -0.25) is 9.10 Å². The fourth-order valence-electron chi connectivity index (χ4n) is 3.24. The molecular formula is C20H25N3O3S. The summed E-state index contributed by atoms with van der Waals surface area (Å²) in [5, 5.41) is 0. The number of nitrogens with two attached hydrogens (primary N) is 1. The van der Waals surface area contributed by atoms with Crippen molar-refractivity contribution in [2.45, 2.75) is 19.4 Å². The number of carbonyl (C=O) groups is 1. The van der Waals surface area contributed by atoms with Gasteiger partial charge in [0.1, 0.15) is 0 Å². The molecule has 1 saturated heterocycles. The molecule has 0 spiro atoms. The van der Waals surface area contributed by atoms with Crippen molar-refractivity contribution < 1.29 is 13.2 Å². The SMILES string of the molecule is NCCCN(Cc1ccccc1)C(=O)c1cccc(N2CCCS2(=O)=O)c1. The maximum absolute atomic E-state index is 13.1. The van der Waals surface area contributed by atoms with Crippen LogP contribution in [0.25, 0.3) is 0 Å². The highest BCUT2D eigenvalue weighted by Crippen LogP contribution is 2.25. The Hall–Kier alpha value is -2.38. The van der Waals surface area contributed by atoms with Crippen molar-refractivity contribution in [1.82, 2.24) is 4.90 Å². The second-order valence-corrected chi connectivity index (χ2v) is 8.66. The molecule has 3 rings (SSSR count). The molecule has 0 radical (unpaired) electrons. The zero-order valence-electron chi connectivity index (χ0n) is 15.3. The minimum Gasteiger partial charge on any atom is -0.334 e. The summed E-state index contributed by atoms with van der Waals surface area (Å²) < 4.78 is 25.7. The topological polar surface area (TPSA) is 83.7 Å². The van der Waals surface area contributed by atoms with Crippen molar-refractivity contribution in [2.24, 2.45) is 5.73 Å². The van der Waals surface area contributed by atoms with E-state index in [1.165, 1.54) is 4.31 Å². The molecule has 0 atom stereocenters. The Balaban J connectivity index is 1.84. The molecule has 1 aliphatic rings. The van der Waals surface area contributed by atoms with Crippen LogP contribution >= 0.6 is 0 Å². The van der Waals surface area contributed by atoms with Gasteiger partial charge in [0, 0.05) is 25.2 Å². The van der Waals surface area contributed by atoms with Gasteiger partial charge in [0.2, 0.25) is 10.0 Å². The first kappa shape index (κ1) is 19.4. The number of anilines is 1. The van der Waals surface area contributed by atoms with Crippen molar-refractivity contribution in [1.29, 1.82) is 0 Å². The highest BCUT2D eigenvalue weighted by atomic mass is 32.2. The van der Waals surface area contributed by atoms with Gasteiger partial charge in [0.05, 0.1) is 11.4 Å². The minimum atomic E-state index is -3.27. The molecule has 0 aliphatic carbocycles. The van der Waals surface area contributed by atoms with E-state index in [1.54, 1.807) is 29.2 Å². The highest BCUT2D eigenvalue weighted by Gasteiger charge is 2.29. The standard InChI is InChI=1S/C20H25N3O3S/c21-11-5-12-22(16-17-7-2-1-3-8-17)20(24)18-9-4-10-19(15-18)23-13-6-14-27(23,25)26/h1-4,7-10,15H,5-6,11-14,16,21H2. The van der Waals surface area contributed by atoms with Gasteiger partial charge in [-0.2, -0.15) is 0 Å². The van der Waals surface area contributed by atoms with E-state index in [0.29, 0.717) is 50.3 Å². The van der Waals surface area contributed by atoms with Gasteiger partial charge >= 0.3 is 0 Å². The Morgan fingerprint density at radius 1 is 1.11 bits per heavy atom. The Kier molecular flexibility index (Phi) is 6.13. The summed E-state index contributed by atoms with van der Waals surface area (Å²) in [6.45, 7) is 2.01. The number of rotatable bonds is 7. The zero-order valence-corrected chi connectivity index (χ0v) is 16.1. The molecule has 2 aromatic carbocycles. The molecule has 1 fully saturated rings. The van der Waals surface area contributed by atoms with Crippen molar-refractivity contribution in [3.8, 4) is 0 Å². The van der Waals surface area contributed by atoms with Gasteiger partial charge in [-0.25, -0.2) is 8.42 Å². The molecule has 0 saturated carbocycles. The van der Waals surface area contributed by atoms with E-state index in [0.717, 1.165) is 5.56 Å². The van der Waals surface area contributed by atoms with Crippen molar-refractivity contribution in [3.05, 3.63) is 65.7 Å². The minimum absolute atomic E-state index is 0.120. The summed E-state index contributed by atoms with van der Waals surface area (Å²) in [6.07, 6.45) is 1.32. The first-order valence-electron chi connectivity index (χ1n) is 9.15. The van der Waals surface area contributed by atoms with Crippen LogP contribution in [0, 0.1) is 0 Å². The first-order valence-corrected chi connectivity index (χ1v) is 10.8. The van der Waals surface area contributed by atoms with E-state index in [4.69, 9.17) is 5.73 Å². The Labute approximate surface area is 160 Å². The summed E-state index contributed by atoms with van der Waals surface area (Å²) in [6, 6.07) is 16.7. The summed E-state index contributed by atoms with van der Waals surface area (Å²) in [7, 11) is -3.27. The quantitative estimate of drug-likeness (QED) is 0.790. The van der Waals surface area contributed by atoms with E-state index < -0.39 is 10.0 Å². The number of hydrogen-bond donors (Lipinski definition) is 1. The molecule has 0 aromatic heterocycles. The summed E-state index contributed by atoms with van der Waals surface area (Å²) in [5.74, 6) is 0.0349. The van der Waals surface area contributed by atoms with Crippen molar-refractivity contribution in [2.75, 3.05) is 29.7 Å². The molecule has 0 unspecified atom stereocenters. The Bertz CT molecular complexity index is 884. The van der Waals surface area contributed by atoms with Crippen LogP contribution in [0.15, 0.2) is 54.6 Å². The first-order chi connectivity index (χ1) is 13.0. The maximum atomic E-state index is 13.1. The molecule has 2 aromatic rings. The number of carbonyl (C=O) groups excluding carboxylic acids is 1. The predicted octanol–water partition coefficient (Wildman–Crippen LogP) is 2.22. The fourth-order valence-corrected chi connectivity index (χ4v) is 4.80. The molecule has 27 heavy (non-hydrogen) atoms. The Morgan fingerprint density at radius 2 is 1.89 bits per heavy atom. The third-order valence-electron chi connectivity index (χ3n) is 4.62. The molecule has 0 bridgehead atoms. The van der Waals surface area contributed by atoms with Crippen LogP contribution in [0.4, 0.5) is 5.69 Å². The van der Waals surface area contributed by atoms with Gasteiger partial charge in [0.15, 0.2) is 0 Å². The molecule has 1 amide bonds. The van der Waals surface area contributed by atoms with E-state index in [-0.39, 0.29) is 11.7 Å². The predicted molar refractivity (Wildman–Crippen MR) is 107 cm³/mol. The molecule has 6 nitrogen and oxygen atoms in total. The lowest BCUT2D eigenvalue weighted by atomic mass is 10.1. The van der Waals surface area contributed by atoms with Gasteiger partial charge in [-0.1, -0.05) is 36.4 Å². The maximum Gasteiger partial charge on any atom is 0.254 e. The van der Waals surface area contributed by atoms with E-state index in [9.17, 15) is 13.2 Å². The third-order valence-corrected chi connectivity index (χ3v) is 6.49. The van der Waals surface area contributed by atoms with Crippen LogP contribution in [0.1, 0.15) is 28.8 Å². The largest absolute Gasteiger partial charge is 0.334 e. The van der Waals surface area contributed by atoms with Crippen LogP contribution in [0.3, 0.4) is 0 Å². The third kappa shape index (κ3) is 4.67. The smallest absolute Gasteiger partial charge is 0.254 e.